The number of aliphatic hydroxyl groups is 1. The molecule has 2 aromatic carbocycles. The van der Waals surface area contributed by atoms with Crippen molar-refractivity contribution in [2.45, 2.75) is 32.5 Å². The third-order valence-electron chi connectivity index (χ3n) is 7.65. The smallest absolute Gasteiger partial charge is 0.235 e. The molecule has 0 aliphatic carbocycles. The molecule has 198 valence electrons. The maximum Gasteiger partial charge on any atom is 0.235 e. The van der Waals surface area contributed by atoms with Crippen LogP contribution in [-0.2, 0) is 16.1 Å². The van der Waals surface area contributed by atoms with E-state index in [2.05, 4.69) is 31.2 Å². The number of β-lactam (4-membered cyclic amide) rings is 1. The van der Waals surface area contributed by atoms with E-state index in [-0.39, 0.29) is 31.0 Å². The number of rotatable bonds is 11. The van der Waals surface area contributed by atoms with Gasteiger partial charge in [0.1, 0.15) is 24.7 Å². The molecule has 0 bridgehead atoms. The van der Waals surface area contributed by atoms with E-state index >= 15 is 0 Å². The van der Waals surface area contributed by atoms with Gasteiger partial charge in [0, 0.05) is 16.9 Å². The Morgan fingerprint density at radius 2 is 1.95 bits per heavy atom. The maximum absolute atomic E-state index is 12.6. The van der Waals surface area contributed by atoms with Crippen molar-refractivity contribution in [3.05, 3.63) is 53.2 Å². The number of aliphatic hydroxyl groups excluding tert-OH is 1. The number of ether oxygens (including phenoxy) is 1. The van der Waals surface area contributed by atoms with E-state index in [4.69, 9.17) is 16.2 Å². The fourth-order valence-electron chi connectivity index (χ4n) is 5.60. The molecular formula is C28H38N5O4+. The van der Waals surface area contributed by atoms with E-state index in [1.807, 2.05) is 31.2 Å². The predicted molar refractivity (Wildman–Crippen MR) is 144 cm³/mol. The van der Waals surface area contributed by atoms with E-state index < -0.39 is 12.0 Å². The lowest BCUT2D eigenvalue weighted by Crippen LogP contribution is -2.63. The summed E-state index contributed by atoms with van der Waals surface area (Å²) >= 11 is 0. The summed E-state index contributed by atoms with van der Waals surface area (Å²) in [6.45, 7) is 6.30. The summed E-state index contributed by atoms with van der Waals surface area (Å²) in [6.07, 6.45) is -0.0223. The summed E-state index contributed by atoms with van der Waals surface area (Å²) < 4.78 is 7.01. The van der Waals surface area contributed by atoms with Gasteiger partial charge in [0.15, 0.2) is 6.29 Å². The fraction of sp³-hybridized carbons (Fsp3) is 0.464. The zero-order chi connectivity index (χ0) is 26.9. The molecule has 9 nitrogen and oxygen atoms in total. The fourth-order valence-corrected chi connectivity index (χ4v) is 5.60. The third-order valence-corrected chi connectivity index (χ3v) is 7.65. The minimum absolute atomic E-state index is 0.0721. The number of allylic oxidation sites excluding steroid dienone is 1. The molecule has 1 amide bonds. The molecule has 2 aliphatic heterocycles. The van der Waals surface area contributed by atoms with Crippen LogP contribution in [0.1, 0.15) is 19.4 Å². The van der Waals surface area contributed by atoms with Crippen molar-refractivity contribution in [1.29, 1.82) is 0 Å². The normalized spacial score (nSPS) is 22.8. The molecule has 4 rings (SSSR count). The topological polar surface area (TPSA) is 131 Å². The second-order valence-corrected chi connectivity index (χ2v) is 10.7. The number of fused-ring (bicyclic) bond motifs is 2. The van der Waals surface area contributed by atoms with Crippen LogP contribution in [0.4, 0.5) is 0 Å². The Morgan fingerprint density at radius 3 is 2.62 bits per heavy atom. The largest absolute Gasteiger partial charge is 0.489 e. The molecule has 5 N–H and O–H groups in total. The van der Waals surface area contributed by atoms with Crippen molar-refractivity contribution in [2.24, 2.45) is 28.3 Å². The number of carbonyl (C=O) groups is 2. The molecule has 1 fully saturated rings. The highest BCUT2D eigenvalue weighted by Crippen LogP contribution is 2.46. The third kappa shape index (κ3) is 5.12. The Labute approximate surface area is 218 Å². The number of carbonyl (C=O) groups excluding carboxylic acids is 2. The van der Waals surface area contributed by atoms with E-state index in [0.717, 1.165) is 46.0 Å². The zero-order valence-electron chi connectivity index (χ0n) is 22.1. The Hall–Kier alpha value is -3.27. The van der Waals surface area contributed by atoms with Gasteiger partial charge in [-0.1, -0.05) is 37.3 Å². The Morgan fingerprint density at radius 1 is 1.24 bits per heavy atom. The van der Waals surface area contributed by atoms with Gasteiger partial charge in [0.25, 0.3) is 0 Å². The van der Waals surface area contributed by atoms with Crippen LogP contribution in [0.15, 0.2) is 52.7 Å². The highest BCUT2D eigenvalue weighted by Gasteiger charge is 2.58. The number of hydrogen-bond donors (Lipinski definition) is 3. The summed E-state index contributed by atoms with van der Waals surface area (Å²) in [5.74, 6) is 0.434. The number of quaternary nitrogens is 1. The minimum atomic E-state index is -0.756. The standard InChI is InChI=1S/C28H38N5O4/c1-17-22(23(15-34)32-27(17)26(18(2)35)28(32)36)16-37-24-10-6-8-20-19(7-5-9-21(20)24)14-33(3,4)12-11-31-25(30)13-29/h5-10,15,17-18,26-27,35H,11-14,16,29H2,1-4H3,(H2,30,31)/q+1/t17-,18+,26+,27+/m0/s1. The van der Waals surface area contributed by atoms with Gasteiger partial charge in [0.2, 0.25) is 5.91 Å². The van der Waals surface area contributed by atoms with Crippen LogP contribution >= 0.6 is 0 Å². The van der Waals surface area contributed by atoms with Crippen LogP contribution in [0.3, 0.4) is 0 Å². The molecule has 2 aromatic rings. The van der Waals surface area contributed by atoms with Gasteiger partial charge in [-0.2, -0.15) is 0 Å². The summed E-state index contributed by atoms with van der Waals surface area (Å²) in [7, 11) is 4.32. The number of likely N-dealkylation sites (N-methyl/N-ethyl adjacent to an activating group) is 1. The van der Waals surface area contributed by atoms with E-state index in [1.165, 1.54) is 10.5 Å². The highest BCUT2D eigenvalue weighted by molar-refractivity contribution is 5.96. The van der Waals surface area contributed by atoms with Crippen molar-refractivity contribution in [3.8, 4) is 5.75 Å². The van der Waals surface area contributed by atoms with E-state index in [1.54, 1.807) is 6.92 Å². The van der Waals surface area contributed by atoms with Crippen molar-refractivity contribution in [1.82, 2.24) is 4.90 Å². The zero-order valence-corrected chi connectivity index (χ0v) is 22.1. The molecule has 9 heteroatoms. The number of aldehydes is 1. The summed E-state index contributed by atoms with van der Waals surface area (Å²) in [5, 5.41) is 12.2. The first kappa shape index (κ1) is 26.8. The maximum atomic E-state index is 12.6. The average molecular weight is 509 g/mol. The van der Waals surface area contributed by atoms with Gasteiger partial charge in [-0.15, -0.1) is 0 Å². The average Bonchev–Trinajstić information content (AvgIpc) is 3.09. The summed E-state index contributed by atoms with van der Waals surface area (Å²) in [6, 6.07) is 12.0. The van der Waals surface area contributed by atoms with Crippen molar-refractivity contribution >= 4 is 28.8 Å². The van der Waals surface area contributed by atoms with Gasteiger partial charge in [-0.05, 0) is 23.9 Å². The number of nitrogens with zero attached hydrogens (tertiary/aromatic N) is 3. The molecule has 1 saturated heterocycles. The van der Waals surface area contributed by atoms with Crippen LogP contribution in [0.5, 0.6) is 5.75 Å². The number of benzene rings is 2. The molecule has 0 aromatic heterocycles. The van der Waals surface area contributed by atoms with Crippen LogP contribution in [0.2, 0.25) is 0 Å². The Bertz CT molecular complexity index is 1250. The molecule has 0 saturated carbocycles. The van der Waals surface area contributed by atoms with Gasteiger partial charge < -0.3 is 30.7 Å². The first-order chi connectivity index (χ1) is 17.6. The van der Waals surface area contributed by atoms with Crippen LogP contribution in [0, 0.1) is 11.8 Å². The molecule has 2 heterocycles. The molecule has 4 atom stereocenters. The van der Waals surface area contributed by atoms with Gasteiger partial charge in [-0.3, -0.25) is 14.6 Å². The Balaban J connectivity index is 1.53. The summed E-state index contributed by atoms with van der Waals surface area (Å²) in [5.41, 5.74) is 13.6. The molecule has 0 unspecified atom stereocenters. The molecule has 0 radical (unpaired) electrons. The monoisotopic (exact) mass is 508 g/mol. The van der Waals surface area contributed by atoms with Crippen LogP contribution in [-0.4, -0.2) is 85.0 Å². The van der Waals surface area contributed by atoms with E-state index in [9.17, 15) is 14.7 Å². The SMILES string of the molecule is C[C@@H](O)[C@H]1C(=O)N2C(C=O)=C(COc3cccc4c(C[N+](C)(C)CCN=C(N)CN)cccc34)[C@H](C)[C@H]12. The minimum Gasteiger partial charge on any atom is -0.489 e. The molecular weight excluding hydrogens is 470 g/mol. The predicted octanol–water partition coefficient (Wildman–Crippen LogP) is 1.42. The van der Waals surface area contributed by atoms with Crippen LogP contribution < -0.4 is 16.2 Å². The highest BCUT2D eigenvalue weighted by atomic mass is 16.5. The number of nitrogens with two attached hydrogens (primary N) is 2. The molecule has 37 heavy (non-hydrogen) atoms. The van der Waals surface area contributed by atoms with Crippen molar-refractivity contribution < 1.29 is 23.9 Å². The second-order valence-electron chi connectivity index (χ2n) is 10.7. The number of amides is 1. The lowest BCUT2D eigenvalue weighted by molar-refractivity contribution is -0.902. The van der Waals surface area contributed by atoms with Crippen molar-refractivity contribution in [2.75, 3.05) is 40.3 Å². The Kier molecular flexibility index (Phi) is 7.68. The second kappa shape index (κ2) is 10.6. The quantitative estimate of drug-likeness (QED) is 0.138. The first-order valence-corrected chi connectivity index (χ1v) is 12.7. The lowest BCUT2D eigenvalue weighted by atomic mass is 9.78. The number of hydrogen-bond acceptors (Lipinski definition) is 6. The lowest BCUT2D eigenvalue weighted by Gasteiger charge is -2.46. The van der Waals surface area contributed by atoms with Crippen molar-refractivity contribution in [3.63, 3.8) is 0 Å². The van der Waals surface area contributed by atoms with E-state index in [0.29, 0.717) is 18.1 Å². The van der Waals surface area contributed by atoms with Crippen LogP contribution in [0.25, 0.3) is 10.8 Å². The molecule has 2 aliphatic rings. The summed E-state index contributed by atoms with van der Waals surface area (Å²) in [4.78, 5) is 30.3. The van der Waals surface area contributed by atoms with Gasteiger partial charge in [-0.25, -0.2) is 0 Å². The number of amidine groups is 1. The van der Waals surface area contributed by atoms with Gasteiger partial charge >= 0.3 is 0 Å². The number of aliphatic imine (C=N–C) groups is 1. The van der Waals surface area contributed by atoms with Gasteiger partial charge in [0.05, 0.1) is 57.5 Å². The first-order valence-electron chi connectivity index (χ1n) is 12.7. The molecule has 0 spiro atoms.